The lowest BCUT2D eigenvalue weighted by Gasteiger charge is -2.25. The number of amides is 1. The van der Waals surface area contributed by atoms with Gasteiger partial charge in [0.25, 0.3) is 5.91 Å². The molecule has 2 N–H and O–H groups in total. The fourth-order valence-corrected chi connectivity index (χ4v) is 4.09. The highest BCUT2D eigenvalue weighted by Gasteiger charge is 2.22. The molecule has 5 rings (SSSR count). The van der Waals surface area contributed by atoms with Crippen molar-refractivity contribution in [2.75, 3.05) is 17.4 Å². The lowest BCUT2D eigenvalue weighted by molar-refractivity contribution is 0.102. The molecule has 30 heavy (non-hydrogen) atoms. The molecule has 0 unspecified atom stereocenters. The van der Waals surface area contributed by atoms with Crippen molar-refractivity contribution in [3.63, 3.8) is 0 Å². The molecule has 1 amide bonds. The summed E-state index contributed by atoms with van der Waals surface area (Å²) in [7, 11) is 0. The molecular formula is C23H22N2O5. The molecule has 7 heteroatoms. The first-order valence-electron chi connectivity index (χ1n) is 10.2. The summed E-state index contributed by atoms with van der Waals surface area (Å²) in [6, 6.07) is 12.5. The summed E-state index contributed by atoms with van der Waals surface area (Å²) < 4.78 is 16.1. The molecule has 0 atom stereocenters. The van der Waals surface area contributed by atoms with Crippen molar-refractivity contribution in [2.24, 2.45) is 0 Å². The average molecular weight is 406 g/mol. The molecule has 154 valence electrons. The predicted molar refractivity (Wildman–Crippen MR) is 113 cm³/mol. The highest BCUT2D eigenvalue weighted by Crippen LogP contribution is 2.34. The summed E-state index contributed by atoms with van der Waals surface area (Å²) in [6.07, 6.45) is 5.59. The second-order valence-corrected chi connectivity index (χ2v) is 7.64. The monoisotopic (exact) mass is 406 g/mol. The van der Waals surface area contributed by atoms with Crippen LogP contribution in [0, 0.1) is 0 Å². The van der Waals surface area contributed by atoms with Gasteiger partial charge in [0, 0.05) is 17.0 Å². The Balaban J connectivity index is 1.52. The highest BCUT2D eigenvalue weighted by atomic mass is 16.7. The highest BCUT2D eigenvalue weighted by molar-refractivity contribution is 6.09. The van der Waals surface area contributed by atoms with Gasteiger partial charge in [-0.3, -0.25) is 4.79 Å². The Morgan fingerprint density at radius 2 is 1.73 bits per heavy atom. The van der Waals surface area contributed by atoms with Gasteiger partial charge in [0.2, 0.25) is 6.79 Å². The molecule has 2 aliphatic rings. The lowest BCUT2D eigenvalue weighted by atomic mass is 9.95. The molecule has 1 aromatic heterocycles. The van der Waals surface area contributed by atoms with Crippen LogP contribution in [0.3, 0.4) is 0 Å². The van der Waals surface area contributed by atoms with E-state index in [-0.39, 0.29) is 18.5 Å². The van der Waals surface area contributed by atoms with E-state index >= 15 is 0 Å². The normalized spacial score (nSPS) is 15.9. The number of benzene rings is 2. The van der Waals surface area contributed by atoms with Crippen molar-refractivity contribution in [3.8, 4) is 11.5 Å². The molecule has 2 heterocycles. The largest absolute Gasteiger partial charge is 0.454 e. The molecule has 0 radical (unpaired) electrons. The third kappa shape index (κ3) is 3.47. The Morgan fingerprint density at radius 3 is 2.60 bits per heavy atom. The zero-order chi connectivity index (χ0) is 20.5. The Morgan fingerprint density at radius 1 is 0.933 bits per heavy atom. The maximum Gasteiger partial charge on any atom is 0.362 e. The molecule has 0 saturated heterocycles. The average Bonchev–Trinajstić information content (AvgIpc) is 3.24. The van der Waals surface area contributed by atoms with Crippen molar-refractivity contribution in [1.29, 1.82) is 0 Å². The van der Waals surface area contributed by atoms with Crippen molar-refractivity contribution in [2.45, 2.75) is 38.1 Å². The second kappa shape index (κ2) is 7.74. The topological polar surface area (TPSA) is 89.8 Å². The maximum atomic E-state index is 12.9. The fraction of sp³-hybridized carbons (Fsp3) is 0.304. The number of anilines is 2. The SMILES string of the molecule is O=C(Nc1c(NC2CCCCC2)c2ccccc2oc1=O)c1ccc2c(c1)OCO2. The third-order valence-electron chi connectivity index (χ3n) is 5.64. The second-order valence-electron chi connectivity index (χ2n) is 7.64. The van der Waals surface area contributed by atoms with Crippen LogP contribution in [0.15, 0.2) is 51.7 Å². The summed E-state index contributed by atoms with van der Waals surface area (Å²) in [5.74, 6) is 0.688. The van der Waals surface area contributed by atoms with Crippen molar-refractivity contribution in [1.82, 2.24) is 0 Å². The first-order valence-corrected chi connectivity index (χ1v) is 10.2. The zero-order valence-corrected chi connectivity index (χ0v) is 16.4. The van der Waals surface area contributed by atoms with E-state index in [2.05, 4.69) is 10.6 Å². The summed E-state index contributed by atoms with van der Waals surface area (Å²) in [4.78, 5) is 25.7. The van der Waals surface area contributed by atoms with E-state index in [0.29, 0.717) is 28.3 Å². The zero-order valence-electron chi connectivity index (χ0n) is 16.4. The van der Waals surface area contributed by atoms with E-state index < -0.39 is 11.5 Å². The van der Waals surface area contributed by atoms with Gasteiger partial charge in [-0.25, -0.2) is 4.79 Å². The standard InChI is InChI=1S/C23H22N2O5/c26-22(14-10-11-18-19(12-14)29-13-28-18)25-21-20(24-15-6-2-1-3-7-15)16-8-4-5-9-17(16)30-23(21)27/h4-5,8-12,15,24H,1-3,6-7,13H2,(H,25,26). The summed E-state index contributed by atoms with van der Waals surface area (Å²) in [6.45, 7) is 0.129. The van der Waals surface area contributed by atoms with Gasteiger partial charge in [0.15, 0.2) is 17.2 Å². The van der Waals surface area contributed by atoms with E-state index in [1.807, 2.05) is 18.2 Å². The number of carbonyl (C=O) groups excluding carboxylic acids is 1. The predicted octanol–water partition coefficient (Wildman–Crippen LogP) is 4.52. The Hall–Kier alpha value is -3.48. The minimum atomic E-state index is -0.582. The van der Waals surface area contributed by atoms with Crippen LogP contribution in [0.2, 0.25) is 0 Å². The first-order chi connectivity index (χ1) is 14.7. The van der Waals surface area contributed by atoms with Crippen LogP contribution in [-0.2, 0) is 0 Å². The lowest BCUT2D eigenvalue weighted by Crippen LogP contribution is -2.26. The fourth-order valence-electron chi connectivity index (χ4n) is 4.09. The molecule has 0 spiro atoms. The van der Waals surface area contributed by atoms with E-state index in [9.17, 15) is 9.59 Å². The van der Waals surface area contributed by atoms with Gasteiger partial charge in [0.1, 0.15) is 5.58 Å². The molecule has 1 fully saturated rings. The molecule has 1 aliphatic carbocycles. The van der Waals surface area contributed by atoms with Gasteiger partial charge in [-0.1, -0.05) is 31.4 Å². The molecule has 7 nitrogen and oxygen atoms in total. The quantitative estimate of drug-likeness (QED) is 0.619. The first kappa shape index (κ1) is 18.5. The van der Waals surface area contributed by atoms with Crippen LogP contribution < -0.4 is 25.7 Å². The van der Waals surface area contributed by atoms with Gasteiger partial charge >= 0.3 is 5.63 Å². The third-order valence-corrected chi connectivity index (χ3v) is 5.64. The minimum Gasteiger partial charge on any atom is -0.454 e. The number of carbonyl (C=O) groups is 1. The number of hydrogen-bond donors (Lipinski definition) is 2. The number of rotatable bonds is 4. The Bertz CT molecular complexity index is 1160. The molecule has 1 aliphatic heterocycles. The summed E-state index contributed by atoms with van der Waals surface area (Å²) in [5.41, 5.74) is 1.02. The molecular weight excluding hydrogens is 384 g/mol. The molecule has 1 saturated carbocycles. The van der Waals surface area contributed by atoms with E-state index in [4.69, 9.17) is 13.9 Å². The number of ether oxygens (including phenoxy) is 2. The molecule has 0 bridgehead atoms. The van der Waals surface area contributed by atoms with Crippen LogP contribution in [0.5, 0.6) is 11.5 Å². The van der Waals surface area contributed by atoms with Gasteiger partial charge < -0.3 is 24.5 Å². The van der Waals surface area contributed by atoms with Crippen LogP contribution >= 0.6 is 0 Å². The van der Waals surface area contributed by atoms with Gasteiger partial charge in [-0.2, -0.15) is 0 Å². The van der Waals surface area contributed by atoms with E-state index in [1.165, 1.54) is 6.42 Å². The number of para-hydroxylation sites is 1. The van der Waals surface area contributed by atoms with Crippen molar-refractivity contribution >= 4 is 28.3 Å². The van der Waals surface area contributed by atoms with E-state index in [1.54, 1.807) is 24.3 Å². The molecule has 2 aromatic carbocycles. The van der Waals surface area contributed by atoms with Crippen molar-refractivity contribution < 1.29 is 18.7 Å². The van der Waals surface area contributed by atoms with Crippen LogP contribution in [0.1, 0.15) is 42.5 Å². The minimum absolute atomic E-state index is 0.127. The number of fused-ring (bicyclic) bond motifs is 2. The number of hydrogen-bond acceptors (Lipinski definition) is 6. The van der Waals surface area contributed by atoms with Crippen LogP contribution in [-0.4, -0.2) is 18.7 Å². The Kier molecular flexibility index (Phi) is 4.78. The van der Waals surface area contributed by atoms with Gasteiger partial charge in [-0.15, -0.1) is 0 Å². The number of nitrogens with one attached hydrogen (secondary N) is 2. The maximum absolute atomic E-state index is 12.9. The van der Waals surface area contributed by atoms with Crippen LogP contribution in [0.25, 0.3) is 11.0 Å². The summed E-state index contributed by atoms with van der Waals surface area (Å²) in [5, 5.41) is 7.04. The summed E-state index contributed by atoms with van der Waals surface area (Å²) >= 11 is 0. The van der Waals surface area contributed by atoms with Crippen LogP contribution in [0.4, 0.5) is 11.4 Å². The van der Waals surface area contributed by atoms with Gasteiger partial charge in [-0.05, 0) is 43.2 Å². The van der Waals surface area contributed by atoms with Gasteiger partial charge in [0.05, 0.1) is 5.69 Å². The van der Waals surface area contributed by atoms with Crippen molar-refractivity contribution in [3.05, 3.63) is 58.4 Å². The smallest absolute Gasteiger partial charge is 0.362 e. The van der Waals surface area contributed by atoms with E-state index in [0.717, 1.165) is 31.1 Å². The molecule has 3 aromatic rings. The Labute approximate surface area is 173 Å².